The molecule has 0 saturated heterocycles. The largest absolute Gasteiger partial charge is 0.361 e. The van der Waals surface area contributed by atoms with Crippen LogP contribution in [0, 0.1) is 11.5 Å². The Morgan fingerprint density at radius 1 is 1.21 bits per heavy atom. The SMILES string of the molecule is N#COc1nonc1-c1ccccc1. The number of rotatable bonds is 2. The highest BCUT2D eigenvalue weighted by Gasteiger charge is 2.12. The van der Waals surface area contributed by atoms with Gasteiger partial charge >= 0.3 is 5.88 Å². The van der Waals surface area contributed by atoms with Crippen LogP contribution in [0.3, 0.4) is 0 Å². The van der Waals surface area contributed by atoms with Crippen molar-refractivity contribution in [3.05, 3.63) is 30.3 Å². The first kappa shape index (κ1) is 8.26. The molecule has 0 aliphatic heterocycles. The van der Waals surface area contributed by atoms with Crippen LogP contribution in [0.4, 0.5) is 0 Å². The zero-order valence-corrected chi connectivity index (χ0v) is 7.04. The average Bonchev–Trinajstić information content (AvgIpc) is 2.68. The normalized spacial score (nSPS) is 9.36. The van der Waals surface area contributed by atoms with Crippen molar-refractivity contribution in [3.8, 4) is 23.4 Å². The minimum absolute atomic E-state index is 0.0821. The summed E-state index contributed by atoms with van der Waals surface area (Å²) in [5.41, 5.74) is 1.21. The molecule has 0 amide bonds. The summed E-state index contributed by atoms with van der Waals surface area (Å²) >= 11 is 0. The summed E-state index contributed by atoms with van der Waals surface area (Å²) in [5.74, 6) is 0.0821. The maximum Gasteiger partial charge on any atom is 0.301 e. The van der Waals surface area contributed by atoms with Crippen molar-refractivity contribution in [2.75, 3.05) is 0 Å². The van der Waals surface area contributed by atoms with Crippen LogP contribution in [0.2, 0.25) is 0 Å². The second-order valence-electron chi connectivity index (χ2n) is 2.48. The van der Waals surface area contributed by atoms with Gasteiger partial charge in [0.05, 0.1) is 0 Å². The van der Waals surface area contributed by atoms with Crippen LogP contribution in [0.5, 0.6) is 5.88 Å². The predicted molar refractivity (Wildman–Crippen MR) is 46.0 cm³/mol. The first-order valence-electron chi connectivity index (χ1n) is 3.85. The van der Waals surface area contributed by atoms with Crippen LogP contribution in [0.25, 0.3) is 11.3 Å². The minimum Gasteiger partial charge on any atom is -0.361 e. The van der Waals surface area contributed by atoms with Crippen LogP contribution in [0.15, 0.2) is 35.0 Å². The number of nitriles is 1. The molecule has 0 atom stereocenters. The van der Waals surface area contributed by atoms with Crippen LogP contribution in [-0.4, -0.2) is 10.3 Å². The average molecular weight is 187 g/mol. The monoisotopic (exact) mass is 187 g/mol. The van der Waals surface area contributed by atoms with Gasteiger partial charge in [0.2, 0.25) is 0 Å². The smallest absolute Gasteiger partial charge is 0.301 e. The number of hydrogen-bond donors (Lipinski definition) is 0. The van der Waals surface area contributed by atoms with Gasteiger partial charge in [-0.05, 0) is 10.3 Å². The van der Waals surface area contributed by atoms with Gasteiger partial charge in [0.15, 0.2) is 5.69 Å². The van der Waals surface area contributed by atoms with Gasteiger partial charge in [-0.3, -0.25) is 0 Å². The van der Waals surface area contributed by atoms with Crippen LogP contribution in [-0.2, 0) is 0 Å². The van der Waals surface area contributed by atoms with Gasteiger partial charge in [-0.15, -0.1) is 5.26 Å². The van der Waals surface area contributed by atoms with Crippen LogP contribution in [0.1, 0.15) is 0 Å². The van der Waals surface area contributed by atoms with Crippen LogP contribution < -0.4 is 4.74 Å². The molecular weight excluding hydrogens is 182 g/mol. The summed E-state index contributed by atoms with van der Waals surface area (Å²) in [6.45, 7) is 0. The molecule has 0 aliphatic rings. The Hall–Kier alpha value is -2.35. The molecule has 0 fully saturated rings. The Morgan fingerprint density at radius 2 is 2.00 bits per heavy atom. The zero-order chi connectivity index (χ0) is 9.80. The summed E-state index contributed by atoms with van der Waals surface area (Å²) in [6, 6.07) is 9.22. The Morgan fingerprint density at radius 3 is 2.71 bits per heavy atom. The molecule has 2 aromatic rings. The lowest BCUT2D eigenvalue weighted by atomic mass is 10.2. The Balaban J connectivity index is 2.43. The van der Waals surface area contributed by atoms with Crippen LogP contribution >= 0.6 is 0 Å². The van der Waals surface area contributed by atoms with Gasteiger partial charge in [0, 0.05) is 5.56 Å². The standard InChI is InChI=1S/C9H5N3O2/c10-6-13-9-8(11-14-12-9)7-4-2-1-3-5-7/h1-5H. The van der Waals surface area contributed by atoms with Gasteiger partial charge in [-0.2, -0.15) is 0 Å². The molecule has 0 bridgehead atoms. The van der Waals surface area contributed by atoms with E-state index < -0.39 is 0 Å². The molecule has 0 N–H and O–H groups in total. The summed E-state index contributed by atoms with van der Waals surface area (Å²) in [6.07, 6.45) is 1.52. The molecule has 2 rings (SSSR count). The predicted octanol–water partition coefficient (Wildman–Crippen LogP) is 1.60. The van der Waals surface area contributed by atoms with Gasteiger partial charge < -0.3 is 4.74 Å². The molecule has 0 radical (unpaired) electrons. The molecule has 0 unspecified atom stereocenters. The molecule has 5 heteroatoms. The molecule has 0 spiro atoms. The topological polar surface area (TPSA) is 71.9 Å². The van der Waals surface area contributed by atoms with Gasteiger partial charge in [-0.1, -0.05) is 30.3 Å². The van der Waals surface area contributed by atoms with E-state index in [0.29, 0.717) is 5.69 Å². The molecule has 5 nitrogen and oxygen atoms in total. The molecule has 0 aliphatic carbocycles. The van der Waals surface area contributed by atoms with E-state index in [2.05, 4.69) is 19.7 Å². The third-order valence-electron chi connectivity index (χ3n) is 1.65. The fourth-order valence-electron chi connectivity index (χ4n) is 1.06. The third-order valence-corrected chi connectivity index (χ3v) is 1.65. The van der Waals surface area contributed by atoms with Gasteiger partial charge in [0.25, 0.3) is 6.26 Å². The Labute approximate surface area is 79.5 Å². The van der Waals surface area contributed by atoms with E-state index >= 15 is 0 Å². The molecule has 14 heavy (non-hydrogen) atoms. The van der Waals surface area contributed by atoms with Crippen molar-refractivity contribution >= 4 is 0 Å². The van der Waals surface area contributed by atoms with Crippen molar-refractivity contribution in [3.63, 3.8) is 0 Å². The zero-order valence-electron chi connectivity index (χ0n) is 7.04. The summed E-state index contributed by atoms with van der Waals surface area (Å²) in [5, 5.41) is 15.4. The van der Waals surface area contributed by atoms with E-state index in [1.54, 1.807) is 0 Å². The number of ether oxygens (including phenoxy) is 1. The van der Waals surface area contributed by atoms with Crippen molar-refractivity contribution in [1.29, 1.82) is 5.26 Å². The molecule has 68 valence electrons. The highest BCUT2D eigenvalue weighted by molar-refractivity contribution is 5.63. The third kappa shape index (κ3) is 1.41. The lowest BCUT2D eigenvalue weighted by Crippen LogP contribution is -1.85. The summed E-state index contributed by atoms with van der Waals surface area (Å²) in [7, 11) is 0. The number of aromatic nitrogens is 2. The molecule has 1 aromatic heterocycles. The maximum atomic E-state index is 8.33. The first-order valence-corrected chi connectivity index (χ1v) is 3.85. The quantitative estimate of drug-likeness (QED) is 0.667. The molecule has 1 heterocycles. The van der Waals surface area contributed by atoms with E-state index in [4.69, 9.17) is 5.26 Å². The molecule has 1 aromatic carbocycles. The Kier molecular flexibility index (Phi) is 2.11. The maximum absolute atomic E-state index is 8.33. The van der Waals surface area contributed by atoms with Gasteiger partial charge in [-0.25, -0.2) is 4.63 Å². The fourth-order valence-corrected chi connectivity index (χ4v) is 1.06. The second-order valence-corrected chi connectivity index (χ2v) is 2.48. The van der Waals surface area contributed by atoms with Crippen molar-refractivity contribution in [1.82, 2.24) is 10.3 Å². The first-order chi connectivity index (χ1) is 6.92. The highest BCUT2D eigenvalue weighted by atomic mass is 16.6. The number of benzene rings is 1. The van der Waals surface area contributed by atoms with E-state index in [1.165, 1.54) is 6.26 Å². The van der Waals surface area contributed by atoms with Crippen molar-refractivity contribution < 1.29 is 9.37 Å². The molecular formula is C9H5N3O2. The van der Waals surface area contributed by atoms with E-state index in [1.807, 2.05) is 30.3 Å². The van der Waals surface area contributed by atoms with E-state index in [9.17, 15) is 0 Å². The summed E-state index contributed by atoms with van der Waals surface area (Å²) in [4.78, 5) is 0. The summed E-state index contributed by atoms with van der Waals surface area (Å²) < 4.78 is 9.05. The minimum atomic E-state index is 0.0821. The fraction of sp³-hybridized carbons (Fsp3) is 0. The molecule has 0 saturated carbocycles. The van der Waals surface area contributed by atoms with Crippen molar-refractivity contribution in [2.24, 2.45) is 0 Å². The second kappa shape index (κ2) is 3.58. The number of hydrogen-bond acceptors (Lipinski definition) is 5. The van der Waals surface area contributed by atoms with E-state index in [-0.39, 0.29) is 5.88 Å². The highest BCUT2D eigenvalue weighted by Crippen LogP contribution is 2.25. The van der Waals surface area contributed by atoms with Gasteiger partial charge in [0.1, 0.15) is 0 Å². The lowest BCUT2D eigenvalue weighted by Gasteiger charge is -1.94. The van der Waals surface area contributed by atoms with E-state index in [0.717, 1.165) is 5.56 Å². The number of nitrogens with zero attached hydrogens (tertiary/aromatic N) is 3. The lowest BCUT2D eigenvalue weighted by molar-refractivity contribution is 0.292. The van der Waals surface area contributed by atoms with Crippen molar-refractivity contribution in [2.45, 2.75) is 0 Å². The Bertz CT molecular complexity index is 458.